The Bertz CT molecular complexity index is 1180. The molecule has 0 bridgehead atoms. The molecule has 0 aliphatic carbocycles. The van der Waals surface area contributed by atoms with Gasteiger partial charge in [-0.25, -0.2) is 9.97 Å². The molecule has 0 atom stereocenters. The minimum absolute atomic E-state index is 0.0646. The number of hydrogen-bond donors (Lipinski definition) is 0. The molecule has 0 unspecified atom stereocenters. The minimum Gasteiger partial charge on any atom is -0.315 e. The van der Waals surface area contributed by atoms with Gasteiger partial charge in [0.15, 0.2) is 5.16 Å². The smallest absolute Gasteiger partial charge is 0.258 e. The van der Waals surface area contributed by atoms with Crippen LogP contribution in [0.4, 0.5) is 0 Å². The summed E-state index contributed by atoms with van der Waals surface area (Å²) in [6.07, 6.45) is 3.63. The summed E-state index contributed by atoms with van der Waals surface area (Å²) >= 11 is 1.58. The van der Waals surface area contributed by atoms with Crippen LogP contribution in [0.15, 0.2) is 71.3 Å². The lowest BCUT2D eigenvalue weighted by Gasteiger charge is -2.07. The highest BCUT2D eigenvalue weighted by Crippen LogP contribution is 2.26. The van der Waals surface area contributed by atoms with Crippen molar-refractivity contribution >= 4 is 28.4 Å². The third-order valence-electron chi connectivity index (χ3n) is 4.16. The summed E-state index contributed by atoms with van der Waals surface area (Å²) in [6.45, 7) is 6.52. The zero-order valence-corrected chi connectivity index (χ0v) is 15.2. The van der Waals surface area contributed by atoms with Gasteiger partial charge in [0.1, 0.15) is 5.65 Å². The van der Waals surface area contributed by atoms with E-state index in [0.29, 0.717) is 17.9 Å². The maximum atomic E-state index is 12.3. The molecule has 0 radical (unpaired) electrons. The first-order chi connectivity index (χ1) is 12.7. The summed E-state index contributed by atoms with van der Waals surface area (Å²) < 4.78 is 3.69. The summed E-state index contributed by atoms with van der Waals surface area (Å²) in [5.74, 6) is 0.583. The molecule has 4 rings (SSSR count). The maximum absolute atomic E-state index is 12.3. The second kappa shape index (κ2) is 6.80. The molecule has 0 fully saturated rings. The number of allylic oxidation sites excluding steroid dienone is 1. The lowest BCUT2D eigenvalue weighted by Crippen LogP contribution is -2.15. The zero-order valence-electron chi connectivity index (χ0n) is 14.4. The monoisotopic (exact) mass is 362 g/mol. The first-order valence-corrected chi connectivity index (χ1v) is 9.32. The molecule has 1 aromatic carbocycles. The highest BCUT2D eigenvalue weighted by molar-refractivity contribution is 7.98. The Labute approximate surface area is 155 Å². The van der Waals surface area contributed by atoms with Crippen molar-refractivity contribution in [2.75, 3.05) is 0 Å². The van der Waals surface area contributed by atoms with Crippen molar-refractivity contribution in [2.24, 2.45) is 0 Å². The van der Waals surface area contributed by atoms with Gasteiger partial charge in [-0.1, -0.05) is 30.0 Å². The molecule has 0 aliphatic rings. The van der Waals surface area contributed by atoms with Crippen LogP contribution in [0.3, 0.4) is 0 Å². The number of benzene rings is 1. The van der Waals surface area contributed by atoms with Crippen LogP contribution in [-0.4, -0.2) is 18.9 Å². The van der Waals surface area contributed by atoms with E-state index in [2.05, 4.69) is 22.2 Å². The fourth-order valence-electron chi connectivity index (χ4n) is 2.94. The fraction of sp³-hybridized carbons (Fsp3) is 0.150. The van der Waals surface area contributed by atoms with Crippen molar-refractivity contribution < 1.29 is 0 Å². The van der Waals surface area contributed by atoms with Gasteiger partial charge < -0.3 is 4.57 Å². The van der Waals surface area contributed by atoms with E-state index in [-0.39, 0.29) is 5.56 Å². The number of pyridine rings is 1. The molecule has 3 aromatic heterocycles. The van der Waals surface area contributed by atoms with E-state index in [0.717, 1.165) is 27.4 Å². The summed E-state index contributed by atoms with van der Waals surface area (Å²) in [5, 5.41) is 0.900. The Morgan fingerprint density at radius 2 is 2.04 bits per heavy atom. The van der Waals surface area contributed by atoms with E-state index < -0.39 is 0 Å². The van der Waals surface area contributed by atoms with Crippen LogP contribution in [0.25, 0.3) is 16.7 Å². The van der Waals surface area contributed by atoms with Gasteiger partial charge in [-0.05, 0) is 36.8 Å². The Hall–Kier alpha value is -2.86. The Morgan fingerprint density at radius 1 is 1.19 bits per heavy atom. The van der Waals surface area contributed by atoms with Crippen LogP contribution in [0.1, 0.15) is 11.3 Å². The lowest BCUT2D eigenvalue weighted by molar-refractivity contribution is 0.748. The minimum atomic E-state index is -0.0646. The van der Waals surface area contributed by atoms with Crippen molar-refractivity contribution in [3.05, 3.63) is 82.9 Å². The average Bonchev–Trinajstić information content (AvgIpc) is 2.98. The number of para-hydroxylation sites is 2. The SMILES string of the molecule is C=CCn1c(SCc2cc(=O)n3ccc(C)cc3n2)nc2ccccc21. The number of hydrogen-bond acceptors (Lipinski definition) is 4. The molecule has 0 saturated heterocycles. The second-order valence-corrected chi connectivity index (χ2v) is 7.03. The lowest BCUT2D eigenvalue weighted by atomic mass is 10.3. The van der Waals surface area contributed by atoms with Crippen LogP contribution >= 0.6 is 11.8 Å². The topological polar surface area (TPSA) is 52.2 Å². The molecule has 0 N–H and O–H groups in total. The van der Waals surface area contributed by atoms with E-state index in [9.17, 15) is 4.79 Å². The number of nitrogens with zero attached hydrogens (tertiary/aromatic N) is 4. The van der Waals surface area contributed by atoms with Gasteiger partial charge in [-0.3, -0.25) is 9.20 Å². The maximum Gasteiger partial charge on any atom is 0.258 e. The van der Waals surface area contributed by atoms with Gasteiger partial charge in [0.05, 0.1) is 16.7 Å². The van der Waals surface area contributed by atoms with Crippen LogP contribution in [0.5, 0.6) is 0 Å². The number of rotatable bonds is 5. The van der Waals surface area contributed by atoms with Crippen molar-refractivity contribution in [3.63, 3.8) is 0 Å². The predicted molar refractivity (Wildman–Crippen MR) is 106 cm³/mol. The fourth-order valence-corrected chi connectivity index (χ4v) is 3.85. The molecular formula is C20H18N4OS. The second-order valence-electron chi connectivity index (χ2n) is 6.09. The molecule has 130 valence electrons. The number of aryl methyl sites for hydroxylation is 1. The van der Waals surface area contributed by atoms with Crippen LogP contribution in [0, 0.1) is 6.92 Å². The molecule has 26 heavy (non-hydrogen) atoms. The first-order valence-electron chi connectivity index (χ1n) is 8.33. The highest BCUT2D eigenvalue weighted by atomic mass is 32.2. The highest BCUT2D eigenvalue weighted by Gasteiger charge is 2.11. The molecule has 0 amide bonds. The quantitative estimate of drug-likeness (QED) is 0.400. The summed E-state index contributed by atoms with van der Waals surface area (Å²) in [7, 11) is 0. The summed E-state index contributed by atoms with van der Waals surface area (Å²) in [5.41, 5.74) is 4.48. The van der Waals surface area contributed by atoms with Gasteiger partial charge in [0.25, 0.3) is 5.56 Å². The Balaban J connectivity index is 1.68. The molecule has 6 heteroatoms. The molecule has 0 aliphatic heterocycles. The van der Waals surface area contributed by atoms with Crippen molar-refractivity contribution in [1.82, 2.24) is 18.9 Å². The van der Waals surface area contributed by atoms with E-state index in [1.165, 1.54) is 0 Å². The van der Waals surface area contributed by atoms with Crippen molar-refractivity contribution in [3.8, 4) is 0 Å². The first kappa shape index (κ1) is 16.6. The Kier molecular flexibility index (Phi) is 4.34. The van der Waals surface area contributed by atoms with Gasteiger partial charge in [-0.15, -0.1) is 6.58 Å². The number of imidazole rings is 1. The summed E-state index contributed by atoms with van der Waals surface area (Å²) in [4.78, 5) is 21.7. The predicted octanol–water partition coefficient (Wildman–Crippen LogP) is 3.83. The Morgan fingerprint density at radius 3 is 2.88 bits per heavy atom. The molecule has 0 saturated carbocycles. The number of fused-ring (bicyclic) bond motifs is 2. The van der Waals surface area contributed by atoms with Crippen LogP contribution < -0.4 is 5.56 Å². The van der Waals surface area contributed by atoms with Crippen molar-refractivity contribution in [2.45, 2.75) is 24.4 Å². The molecule has 4 aromatic rings. The van der Waals surface area contributed by atoms with Gasteiger partial charge >= 0.3 is 0 Å². The standard InChI is InChI=1S/C20H18N4OS/c1-3-9-23-17-7-5-4-6-16(17)22-20(23)26-13-15-12-19(25)24-10-8-14(2)11-18(24)21-15/h3-8,10-12H,1,9,13H2,2H3. The summed E-state index contributed by atoms with van der Waals surface area (Å²) in [6, 6.07) is 13.5. The van der Waals surface area contributed by atoms with Crippen LogP contribution in [0.2, 0.25) is 0 Å². The van der Waals surface area contributed by atoms with Gasteiger partial charge in [-0.2, -0.15) is 0 Å². The van der Waals surface area contributed by atoms with Crippen molar-refractivity contribution in [1.29, 1.82) is 0 Å². The third kappa shape index (κ3) is 3.04. The van der Waals surface area contributed by atoms with E-state index in [1.807, 2.05) is 43.3 Å². The molecule has 3 heterocycles. The number of aromatic nitrogens is 4. The molecule has 0 spiro atoms. The average molecular weight is 362 g/mol. The normalized spacial score (nSPS) is 11.3. The largest absolute Gasteiger partial charge is 0.315 e. The van der Waals surface area contributed by atoms with Gasteiger partial charge in [0.2, 0.25) is 0 Å². The zero-order chi connectivity index (χ0) is 18.1. The van der Waals surface area contributed by atoms with E-state index in [1.54, 1.807) is 28.4 Å². The van der Waals surface area contributed by atoms with Crippen LogP contribution in [-0.2, 0) is 12.3 Å². The third-order valence-corrected chi connectivity index (χ3v) is 5.17. The van der Waals surface area contributed by atoms with E-state index >= 15 is 0 Å². The van der Waals surface area contributed by atoms with Gasteiger partial charge in [0, 0.05) is 24.6 Å². The molecular weight excluding hydrogens is 344 g/mol. The molecule has 5 nitrogen and oxygen atoms in total. The number of thioether (sulfide) groups is 1. The van der Waals surface area contributed by atoms with E-state index in [4.69, 9.17) is 4.98 Å².